The Hall–Kier alpha value is -0.723. The van der Waals surface area contributed by atoms with E-state index in [1.165, 1.54) is 5.56 Å². The van der Waals surface area contributed by atoms with Gasteiger partial charge in [-0.15, -0.1) is 0 Å². The molecular weight excluding hydrogens is 234 g/mol. The van der Waals surface area contributed by atoms with Crippen molar-refractivity contribution in [1.29, 1.82) is 0 Å². The maximum absolute atomic E-state index is 5.83. The van der Waals surface area contributed by atoms with Gasteiger partial charge in [0.2, 0.25) is 0 Å². The van der Waals surface area contributed by atoms with Gasteiger partial charge < -0.3 is 19.0 Å². The summed E-state index contributed by atoms with van der Waals surface area (Å²) in [5, 5.41) is 0. The number of nitrogens with two attached hydrogens (primary N) is 1. The Morgan fingerprint density at radius 2 is 1.59 bits per heavy atom. The third-order valence-electron chi connectivity index (χ3n) is 2.98. The molecule has 17 heavy (non-hydrogen) atoms. The van der Waals surface area contributed by atoms with Crippen LogP contribution >= 0.6 is 0 Å². The molecule has 0 aliphatic carbocycles. The predicted molar refractivity (Wildman–Crippen MR) is 69.8 cm³/mol. The maximum atomic E-state index is 5.83. The molecule has 0 fully saturated rings. The number of rotatable bonds is 7. The summed E-state index contributed by atoms with van der Waals surface area (Å²) in [5.41, 5.74) is 7.02. The van der Waals surface area contributed by atoms with Gasteiger partial charge in [0, 0.05) is 33.3 Å². The summed E-state index contributed by atoms with van der Waals surface area (Å²) in [6.07, 6.45) is 0. The van der Waals surface area contributed by atoms with Crippen molar-refractivity contribution in [3.05, 3.63) is 35.9 Å². The average Bonchev–Trinajstić information content (AvgIpc) is 2.42. The first-order valence-electron chi connectivity index (χ1n) is 5.61. The third kappa shape index (κ3) is 3.62. The Bertz CT molecular complexity index is 309. The van der Waals surface area contributed by atoms with Crippen LogP contribution < -0.4 is 5.73 Å². The van der Waals surface area contributed by atoms with Crippen molar-refractivity contribution >= 4 is 8.80 Å². The molecule has 0 aliphatic heterocycles. The van der Waals surface area contributed by atoms with E-state index < -0.39 is 8.80 Å². The van der Waals surface area contributed by atoms with E-state index in [0.717, 1.165) is 0 Å². The van der Waals surface area contributed by atoms with Gasteiger partial charge in [0.1, 0.15) is 0 Å². The highest BCUT2D eigenvalue weighted by molar-refractivity contribution is 6.60. The zero-order valence-corrected chi connectivity index (χ0v) is 11.7. The second-order valence-electron chi connectivity index (χ2n) is 3.84. The fourth-order valence-corrected chi connectivity index (χ4v) is 3.87. The predicted octanol–water partition coefficient (Wildman–Crippen LogP) is 1.61. The van der Waals surface area contributed by atoms with Gasteiger partial charge in [0.05, 0.1) is 0 Å². The second-order valence-corrected chi connectivity index (χ2v) is 6.84. The summed E-state index contributed by atoms with van der Waals surface area (Å²) >= 11 is 0. The van der Waals surface area contributed by atoms with Crippen molar-refractivity contribution in [2.45, 2.75) is 12.0 Å². The summed E-state index contributed by atoms with van der Waals surface area (Å²) in [4.78, 5) is 0. The zero-order valence-electron chi connectivity index (χ0n) is 10.7. The summed E-state index contributed by atoms with van der Waals surface area (Å²) in [6, 6.07) is 10.8. The standard InChI is InChI=1S/C12H21NO3Si/c1-14-17(15-2,16-3)10-12(9-13)11-7-5-4-6-8-11/h4-8,12H,9-10,13H2,1-3H3. The van der Waals surface area contributed by atoms with E-state index >= 15 is 0 Å². The fraction of sp³-hybridized carbons (Fsp3) is 0.500. The van der Waals surface area contributed by atoms with Crippen LogP contribution in [0.5, 0.6) is 0 Å². The smallest absolute Gasteiger partial charge is 0.377 e. The lowest BCUT2D eigenvalue weighted by molar-refractivity contribution is 0.121. The van der Waals surface area contributed by atoms with E-state index in [1.54, 1.807) is 21.3 Å². The Labute approximate surface area is 104 Å². The summed E-state index contributed by atoms with van der Waals surface area (Å²) < 4.78 is 16.3. The van der Waals surface area contributed by atoms with Crippen LogP contribution in [0.2, 0.25) is 6.04 Å². The Balaban J connectivity index is 2.82. The van der Waals surface area contributed by atoms with Crippen molar-refractivity contribution in [2.75, 3.05) is 27.9 Å². The highest BCUT2D eigenvalue weighted by atomic mass is 28.4. The minimum Gasteiger partial charge on any atom is -0.377 e. The van der Waals surface area contributed by atoms with Crippen molar-refractivity contribution in [2.24, 2.45) is 5.73 Å². The fourth-order valence-electron chi connectivity index (χ4n) is 1.86. The maximum Gasteiger partial charge on any atom is 0.500 e. The largest absolute Gasteiger partial charge is 0.500 e. The Morgan fingerprint density at radius 3 is 2.00 bits per heavy atom. The van der Waals surface area contributed by atoms with Crippen molar-refractivity contribution < 1.29 is 13.3 Å². The van der Waals surface area contributed by atoms with Crippen LogP contribution in [0.15, 0.2) is 30.3 Å². The van der Waals surface area contributed by atoms with Crippen molar-refractivity contribution in [3.63, 3.8) is 0 Å². The molecule has 1 atom stereocenters. The molecule has 0 bridgehead atoms. The SMILES string of the molecule is CO[Si](CC(CN)c1ccccc1)(OC)OC. The van der Waals surface area contributed by atoms with Gasteiger partial charge in [0.15, 0.2) is 0 Å². The molecule has 0 aliphatic rings. The quantitative estimate of drug-likeness (QED) is 0.752. The first-order valence-corrected chi connectivity index (χ1v) is 7.55. The first-order chi connectivity index (χ1) is 8.21. The molecule has 1 aromatic rings. The average molecular weight is 255 g/mol. The molecule has 0 saturated heterocycles. The molecule has 4 nitrogen and oxygen atoms in total. The van der Waals surface area contributed by atoms with Gasteiger partial charge in [-0.25, -0.2) is 0 Å². The molecule has 0 saturated carbocycles. The molecule has 1 rings (SSSR count). The third-order valence-corrected chi connectivity index (χ3v) is 5.84. The molecule has 0 radical (unpaired) electrons. The summed E-state index contributed by atoms with van der Waals surface area (Å²) in [5.74, 6) is 0.197. The normalized spacial score (nSPS) is 13.6. The van der Waals surface area contributed by atoms with Gasteiger partial charge in [-0.05, 0) is 12.1 Å². The zero-order chi connectivity index (χ0) is 12.7. The van der Waals surface area contributed by atoms with E-state index in [1.807, 2.05) is 18.2 Å². The van der Waals surface area contributed by atoms with Crippen LogP contribution in [0.25, 0.3) is 0 Å². The summed E-state index contributed by atoms with van der Waals surface area (Å²) in [6.45, 7) is 0.550. The molecule has 2 N–H and O–H groups in total. The van der Waals surface area contributed by atoms with Gasteiger partial charge in [-0.3, -0.25) is 0 Å². The van der Waals surface area contributed by atoms with E-state index in [2.05, 4.69) is 12.1 Å². The highest BCUT2D eigenvalue weighted by Crippen LogP contribution is 2.26. The van der Waals surface area contributed by atoms with Crippen LogP contribution in [-0.2, 0) is 13.3 Å². The minimum atomic E-state index is -2.56. The van der Waals surface area contributed by atoms with Gasteiger partial charge >= 0.3 is 8.80 Å². The van der Waals surface area contributed by atoms with Gasteiger partial charge in [-0.1, -0.05) is 30.3 Å². The molecular formula is C12H21NO3Si. The van der Waals surface area contributed by atoms with Crippen LogP contribution in [0.4, 0.5) is 0 Å². The minimum absolute atomic E-state index is 0.197. The lowest BCUT2D eigenvalue weighted by Crippen LogP contribution is -2.44. The molecule has 0 spiro atoms. The van der Waals surface area contributed by atoms with Gasteiger partial charge in [0.25, 0.3) is 0 Å². The monoisotopic (exact) mass is 255 g/mol. The van der Waals surface area contributed by atoms with E-state index in [4.69, 9.17) is 19.0 Å². The van der Waals surface area contributed by atoms with Crippen molar-refractivity contribution in [3.8, 4) is 0 Å². The molecule has 96 valence electrons. The topological polar surface area (TPSA) is 53.7 Å². The van der Waals surface area contributed by atoms with Crippen LogP contribution in [0.1, 0.15) is 11.5 Å². The van der Waals surface area contributed by atoms with Crippen LogP contribution in [0, 0.1) is 0 Å². The second kappa shape index (κ2) is 6.88. The molecule has 1 unspecified atom stereocenters. The number of hydrogen-bond acceptors (Lipinski definition) is 4. The number of benzene rings is 1. The van der Waals surface area contributed by atoms with Crippen molar-refractivity contribution in [1.82, 2.24) is 0 Å². The first kappa shape index (κ1) is 14.3. The lowest BCUT2D eigenvalue weighted by Gasteiger charge is -2.28. The molecule has 5 heteroatoms. The summed E-state index contributed by atoms with van der Waals surface area (Å²) in [7, 11) is 2.30. The van der Waals surface area contributed by atoms with Gasteiger partial charge in [-0.2, -0.15) is 0 Å². The van der Waals surface area contributed by atoms with E-state index in [9.17, 15) is 0 Å². The van der Waals surface area contributed by atoms with Crippen LogP contribution in [0.3, 0.4) is 0 Å². The Kier molecular flexibility index (Phi) is 5.80. The Morgan fingerprint density at radius 1 is 1.06 bits per heavy atom. The lowest BCUT2D eigenvalue weighted by atomic mass is 10.0. The number of hydrogen-bond donors (Lipinski definition) is 1. The molecule has 1 aromatic carbocycles. The molecule has 0 amide bonds. The van der Waals surface area contributed by atoms with E-state index in [-0.39, 0.29) is 5.92 Å². The van der Waals surface area contributed by atoms with Crippen LogP contribution in [-0.4, -0.2) is 36.7 Å². The molecule has 0 aromatic heterocycles. The highest BCUT2D eigenvalue weighted by Gasteiger charge is 2.40. The van der Waals surface area contributed by atoms with E-state index in [0.29, 0.717) is 12.6 Å². The molecule has 0 heterocycles.